The second kappa shape index (κ2) is 6.22. The normalized spacial score (nSPS) is 10.4. The van der Waals surface area contributed by atoms with Crippen LogP contribution >= 0.6 is 15.9 Å². The highest BCUT2D eigenvalue weighted by atomic mass is 79.9. The Hall–Kier alpha value is -1.62. The monoisotopic (exact) mass is 339 g/mol. The molecule has 2 aromatic rings. The van der Waals surface area contributed by atoms with Gasteiger partial charge >= 0.3 is 0 Å². The first-order valence-electron chi connectivity index (χ1n) is 6.10. The molecule has 0 aliphatic heterocycles. The highest BCUT2D eigenvalue weighted by Gasteiger charge is 2.11. The summed E-state index contributed by atoms with van der Waals surface area (Å²) in [5.41, 5.74) is 2.67. The van der Waals surface area contributed by atoms with Crippen LogP contribution < -0.4 is 9.47 Å². The van der Waals surface area contributed by atoms with E-state index in [-0.39, 0.29) is 12.4 Å². The molecule has 0 aliphatic carbocycles. The Morgan fingerprint density at radius 2 is 2.05 bits per heavy atom. The van der Waals surface area contributed by atoms with E-state index in [9.17, 15) is 4.39 Å². The van der Waals surface area contributed by atoms with E-state index >= 15 is 0 Å². The van der Waals surface area contributed by atoms with Crippen molar-refractivity contribution in [3.8, 4) is 11.5 Å². The summed E-state index contributed by atoms with van der Waals surface area (Å²) in [6, 6.07) is 4.32. The van der Waals surface area contributed by atoms with Gasteiger partial charge in [0.05, 0.1) is 17.3 Å². The van der Waals surface area contributed by atoms with Crippen molar-refractivity contribution in [2.75, 3.05) is 7.11 Å². The zero-order chi connectivity index (χ0) is 14.7. The molecule has 0 spiro atoms. The number of methoxy groups -OCH3 is 1. The molecule has 0 aliphatic rings. The molecule has 0 fully saturated rings. The van der Waals surface area contributed by atoms with Gasteiger partial charge in [-0.3, -0.25) is 4.98 Å². The largest absolute Gasteiger partial charge is 0.496 e. The molecule has 0 radical (unpaired) electrons. The van der Waals surface area contributed by atoms with E-state index in [1.807, 2.05) is 13.8 Å². The van der Waals surface area contributed by atoms with Crippen molar-refractivity contribution in [2.24, 2.45) is 0 Å². The standard InChI is InChI=1S/C15H15BrFNO2/c1-9-7-18-13(10(2)15(9)19-3)8-20-14-6-11(17)4-5-12(14)16/h4-7H,8H2,1-3H3. The van der Waals surface area contributed by atoms with Crippen molar-refractivity contribution in [3.05, 3.63) is 51.5 Å². The maximum absolute atomic E-state index is 13.2. The summed E-state index contributed by atoms with van der Waals surface area (Å²) >= 11 is 3.33. The summed E-state index contributed by atoms with van der Waals surface area (Å²) in [4.78, 5) is 4.34. The number of aryl methyl sites for hydroxylation is 1. The lowest BCUT2D eigenvalue weighted by Gasteiger charge is -2.13. The molecule has 20 heavy (non-hydrogen) atoms. The highest BCUT2D eigenvalue weighted by Crippen LogP contribution is 2.28. The van der Waals surface area contributed by atoms with Gasteiger partial charge in [0, 0.05) is 23.4 Å². The quantitative estimate of drug-likeness (QED) is 0.836. The topological polar surface area (TPSA) is 31.4 Å². The summed E-state index contributed by atoms with van der Waals surface area (Å²) in [6.45, 7) is 4.12. The predicted molar refractivity (Wildman–Crippen MR) is 78.7 cm³/mol. The van der Waals surface area contributed by atoms with Gasteiger partial charge in [0.25, 0.3) is 0 Å². The van der Waals surface area contributed by atoms with Gasteiger partial charge in [0.2, 0.25) is 0 Å². The molecular formula is C15H15BrFNO2. The molecule has 0 amide bonds. The molecular weight excluding hydrogens is 325 g/mol. The van der Waals surface area contributed by atoms with Gasteiger partial charge in [0.1, 0.15) is 23.9 Å². The fourth-order valence-corrected chi connectivity index (χ4v) is 2.31. The van der Waals surface area contributed by atoms with Crippen LogP contribution in [0.2, 0.25) is 0 Å². The molecule has 0 atom stereocenters. The molecule has 0 saturated heterocycles. The first-order chi connectivity index (χ1) is 9.52. The Labute approximate surface area is 125 Å². The van der Waals surface area contributed by atoms with E-state index in [4.69, 9.17) is 9.47 Å². The van der Waals surface area contributed by atoms with Crippen molar-refractivity contribution in [1.82, 2.24) is 4.98 Å². The third-order valence-electron chi connectivity index (χ3n) is 3.01. The predicted octanol–water partition coefficient (Wildman–Crippen LogP) is 4.19. The van der Waals surface area contributed by atoms with E-state index in [2.05, 4.69) is 20.9 Å². The van der Waals surface area contributed by atoms with Crippen LogP contribution in [0.5, 0.6) is 11.5 Å². The molecule has 106 valence electrons. The van der Waals surface area contributed by atoms with Crippen LogP contribution in [0.3, 0.4) is 0 Å². The van der Waals surface area contributed by atoms with Crippen molar-refractivity contribution >= 4 is 15.9 Å². The molecule has 0 saturated carbocycles. The molecule has 1 aromatic carbocycles. The number of halogens is 2. The number of nitrogens with zero attached hydrogens (tertiary/aromatic N) is 1. The lowest BCUT2D eigenvalue weighted by atomic mass is 10.1. The molecule has 0 bridgehead atoms. The van der Waals surface area contributed by atoms with Gasteiger partial charge in [-0.05, 0) is 41.9 Å². The van der Waals surface area contributed by atoms with Crippen LogP contribution in [0.4, 0.5) is 4.39 Å². The zero-order valence-electron chi connectivity index (χ0n) is 11.5. The number of benzene rings is 1. The number of pyridine rings is 1. The third kappa shape index (κ3) is 3.10. The third-order valence-corrected chi connectivity index (χ3v) is 3.66. The van der Waals surface area contributed by atoms with Gasteiger partial charge in [-0.15, -0.1) is 0 Å². The Kier molecular flexibility index (Phi) is 4.60. The van der Waals surface area contributed by atoms with E-state index in [1.54, 1.807) is 19.4 Å². The summed E-state index contributed by atoms with van der Waals surface area (Å²) < 4.78 is 24.9. The van der Waals surface area contributed by atoms with Crippen molar-refractivity contribution in [2.45, 2.75) is 20.5 Å². The lowest BCUT2D eigenvalue weighted by Crippen LogP contribution is -2.04. The Balaban J connectivity index is 2.21. The fraction of sp³-hybridized carbons (Fsp3) is 0.267. The summed E-state index contributed by atoms with van der Waals surface area (Å²) in [6.07, 6.45) is 1.74. The molecule has 5 heteroatoms. The van der Waals surface area contributed by atoms with Crippen LogP contribution in [0, 0.1) is 19.7 Å². The first kappa shape index (κ1) is 14.8. The van der Waals surface area contributed by atoms with E-state index < -0.39 is 0 Å². The number of aromatic nitrogens is 1. The maximum Gasteiger partial charge on any atom is 0.136 e. The summed E-state index contributed by atoms with van der Waals surface area (Å²) in [7, 11) is 1.63. The SMILES string of the molecule is COc1c(C)cnc(COc2cc(F)ccc2Br)c1C. The molecule has 1 heterocycles. The van der Waals surface area contributed by atoms with E-state index in [1.165, 1.54) is 12.1 Å². The number of ether oxygens (including phenoxy) is 2. The molecule has 0 unspecified atom stereocenters. The van der Waals surface area contributed by atoms with Gasteiger partial charge in [-0.2, -0.15) is 0 Å². The van der Waals surface area contributed by atoms with Crippen LogP contribution in [-0.2, 0) is 6.61 Å². The Morgan fingerprint density at radius 3 is 2.75 bits per heavy atom. The summed E-state index contributed by atoms with van der Waals surface area (Å²) in [5.74, 6) is 0.914. The number of hydrogen-bond acceptors (Lipinski definition) is 3. The number of hydrogen-bond donors (Lipinski definition) is 0. The maximum atomic E-state index is 13.2. The molecule has 2 rings (SSSR count). The zero-order valence-corrected chi connectivity index (χ0v) is 13.1. The number of rotatable bonds is 4. The van der Waals surface area contributed by atoms with Gasteiger partial charge < -0.3 is 9.47 Å². The average Bonchev–Trinajstić information content (AvgIpc) is 2.42. The van der Waals surface area contributed by atoms with Crippen LogP contribution in [0.25, 0.3) is 0 Å². The van der Waals surface area contributed by atoms with Gasteiger partial charge in [-0.25, -0.2) is 4.39 Å². The van der Waals surface area contributed by atoms with Crippen molar-refractivity contribution < 1.29 is 13.9 Å². The van der Waals surface area contributed by atoms with E-state index in [0.29, 0.717) is 10.2 Å². The Bertz CT molecular complexity index is 632. The van der Waals surface area contributed by atoms with Crippen molar-refractivity contribution in [1.29, 1.82) is 0 Å². The minimum atomic E-state index is -0.339. The van der Waals surface area contributed by atoms with Crippen LogP contribution in [0.15, 0.2) is 28.9 Å². The second-order valence-corrected chi connectivity index (χ2v) is 5.26. The molecule has 3 nitrogen and oxygen atoms in total. The van der Waals surface area contributed by atoms with Gasteiger partial charge in [0.15, 0.2) is 0 Å². The minimum Gasteiger partial charge on any atom is -0.496 e. The average molecular weight is 340 g/mol. The molecule has 0 N–H and O–H groups in total. The fourth-order valence-electron chi connectivity index (χ4n) is 1.95. The Morgan fingerprint density at radius 1 is 1.30 bits per heavy atom. The minimum absolute atomic E-state index is 0.254. The first-order valence-corrected chi connectivity index (χ1v) is 6.89. The molecule has 1 aromatic heterocycles. The smallest absolute Gasteiger partial charge is 0.136 e. The van der Waals surface area contributed by atoms with Crippen LogP contribution in [0.1, 0.15) is 16.8 Å². The highest BCUT2D eigenvalue weighted by molar-refractivity contribution is 9.10. The van der Waals surface area contributed by atoms with Crippen LogP contribution in [-0.4, -0.2) is 12.1 Å². The van der Waals surface area contributed by atoms with E-state index in [0.717, 1.165) is 22.6 Å². The van der Waals surface area contributed by atoms with Crippen molar-refractivity contribution in [3.63, 3.8) is 0 Å². The van der Waals surface area contributed by atoms with Gasteiger partial charge in [-0.1, -0.05) is 0 Å². The summed E-state index contributed by atoms with van der Waals surface area (Å²) in [5, 5.41) is 0. The second-order valence-electron chi connectivity index (χ2n) is 4.41. The lowest BCUT2D eigenvalue weighted by molar-refractivity contribution is 0.295.